The van der Waals surface area contributed by atoms with E-state index in [0.717, 1.165) is 24.1 Å². The van der Waals surface area contributed by atoms with E-state index in [0.29, 0.717) is 18.7 Å². The number of alkyl halides is 3. The predicted molar refractivity (Wildman–Crippen MR) is 110 cm³/mol. The number of aromatic nitrogens is 2. The van der Waals surface area contributed by atoms with Gasteiger partial charge in [0, 0.05) is 17.8 Å². The van der Waals surface area contributed by atoms with Crippen LogP contribution in [0.25, 0.3) is 0 Å². The summed E-state index contributed by atoms with van der Waals surface area (Å²) in [6, 6.07) is -1.02. The number of carbonyl (C=O) groups excluding carboxylic acids is 1. The molecule has 1 atom stereocenters. The maximum absolute atomic E-state index is 13.0. The molecule has 2 bridgehead atoms. The summed E-state index contributed by atoms with van der Waals surface area (Å²) in [5.41, 5.74) is -4.11. The Balaban J connectivity index is 1.68. The summed E-state index contributed by atoms with van der Waals surface area (Å²) < 4.78 is 77.1. The van der Waals surface area contributed by atoms with Gasteiger partial charge >= 0.3 is 15.5 Å². The first-order valence-electron chi connectivity index (χ1n) is 10.8. The van der Waals surface area contributed by atoms with Crippen LogP contribution in [-0.2, 0) is 19.6 Å². The average Bonchev–Trinajstić information content (AvgIpc) is 2.77. The number of halogens is 3. The second-order valence-electron chi connectivity index (χ2n) is 8.48. The third kappa shape index (κ3) is 4.98. The molecule has 5 rings (SSSR count). The first kappa shape index (κ1) is 23.9. The van der Waals surface area contributed by atoms with E-state index >= 15 is 0 Å². The van der Waals surface area contributed by atoms with Crippen molar-refractivity contribution in [1.82, 2.24) is 14.9 Å². The molecule has 4 aliphatic rings. The summed E-state index contributed by atoms with van der Waals surface area (Å²) in [7, 11) is -5.73. The van der Waals surface area contributed by atoms with E-state index in [2.05, 4.69) is 14.4 Å². The fraction of sp³-hybridized carbons (Fsp3) is 0.700. The van der Waals surface area contributed by atoms with Crippen molar-refractivity contribution in [2.45, 2.75) is 69.0 Å². The maximum Gasteiger partial charge on any atom is 0.518 e. The van der Waals surface area contributed by atoms with E-state index in [1.54, 1.807) is 0 Å². The molecule has 0 unspecified atom stereocenters. The molecule has 182 valence electrons. The van der Waals surface area contributed by atoms with Crippen LogP contribution in [0.3, 0.4) is 0 Å². The van der Waals surface area contributed by atoms with Gasteiger partial charge in [-0.05, 0) is 51.4 Å². The number of hydrogen-bond acceptors (Lipinski definition) is 7. The van der Waals surface area contributed by atoms with Crippen LogP contribution >= 0.6 is 0 Å². The highest BCUT2D eigenvalue weighted by Crippen LogP contribution is 2.39. The Hall–Kier alpha value is -2.28. The van der Waals surface area contributed by atoms with Crippen molar-refractivity contribution in [2.24, 2.45) is 4.40 Å². The van der Waals surface area contributed by atoms with Crippen LogP contribution in [0.5, 0.6) is 5.88 Å². The first-order chi connectivity index (χ1) is 15.6. The van der Waals surface area contributed by atoms with Gasteiger partial charge in [0.2, 0.25) is 5.88 Å². The molecule has 0 aromatic carbocycles. The number of aryl methyl sites for hydroxylation is 1. The molecule has 2 fully saturated rings. The number of sulfonamides is 1. The van der Waals surface area contributed by atoms with Gasteiger partial charge in [-0.1, -0.05) is 0 Å². The van der Waals surface area contributed by atoms with Gasteiger partial charge in [-0.15, -0.1) is 0 Å². The number of hydrogen-bond donors (Lipinski definition) is 0. The highest BCUT2D eigenvalue weighted by atomic mass is 32.2. The zero-order valence-corrected chi connectivity index (χ0v) is 18.9. The highest BCUT2D eigenvalue weighted by Gasteiger charge is 2.47. The lowest BCUT2D eigenvalue weighted by Gasteiger charge is -2.37. The van der Waals surface area contributed by atoms with E-state index in [1.165, 1.54) is 11.2 Å². The molecule has 4 heterocycles. The molecule has 1 saturated heterocycles. The Morgan fingerprint density at radius 3 is 2.61 bits per heavy atom. The Morgan fingerprint density at radius 1 is 1.18 bits per heavy atom. The largest absolute Gasteiger partial charge is 0.518 e. The molecular weight excluding hydrogens is 465 g/mol. The molecule has 1 aromatic rings. The lowest BCUT2D eigenvalue weighted by atomic mass is 9.82. The van der Waals surface area contributed by atoms with E-state index in [9.17, 15) is 26.4 Å². The fourth-order valence-corrected chi connectivity index (χ4v) is 5.36. The van der Waals surface area contributed by atoms with Crippen LogP contribution in [0, 0.1) is 6.92 Å². The first-order valence-corrected chi connectivity index (χ1v) is 12.3. The van der Waals surface area contributed by atoms with Crippen LogP contribution in [0.2, 0.25) is 0 Å². The molecule has 1 amide bonds. The Morgan fingerprint density at radius 2 is 1.91 bits per heavy atom. The summed E-state index contributed by atoms with van der Waals surface area (Å²) in [6.07, 6.45) is 4.46. The maximum atomic E-state index is 13.0. The normalized spacial score (nSPS) is 28.2. The molecule has 0 spiro atoms. The molecular formula is C20H25F3N4O5S. The van der Waals surface area contributed by atoms with Crippen LogP contribution in [0.15, 0.2) is 10.7 Å². The molecule has 1 aromatic heterocycles. The van der Waals surface area contributed by atoms with Crippen LogP contribution in [0.4, 0.5) is 13.2 Å². The average molecular weight is 491 g/mol. The molecule has 0 radical (unpaired) electrons. The van der Waals surface area contributed by atoms with Crippen molar-refractivity contribution in [3.8, 4) is 5.88 Å². The number of carbonyl (C=O) groups is 1. The summed E-state index contributed by atoms with van der Waals surface area (Å²) in [6.45, 7) is 1.57. The van der Waals surface area contributed by atoms with Gasteiger partial charge < -0.3 is 14.4 Å². The van der Waals surface area contributed by atoms with Gasteiger partial charge in [0.1, 0.15) is 6.33 Å². The monoisotopic (exact) mass is 490 g/mol. The zero-order valence-electron chi connectivity index (χ0n) is 18.0. The molecule has 3 aliphatic heterocycles. The SMILES string of the molecule is Cc1ncnc2c1C1CCC(CC1)OC[C@H]1/C(=N/S(=O)(=O)C(F)(F)F)CCCN1C(=O)CO2. The summed E-state index contributed by atoms with van der Waals surface area (Å²) >= 11 is 0. The number of rotatable bonds is 1. The topological polar surface area (TPSA) is 111 Å². The van der Waals surface area contributed by atoms with Gasteiger partial charge in [0.15, 0.2) is 6.61 Å². The van der Waals surface area contributed by atoms with Gasteiger partial charge in [0.05, 0.1) is 24.5 Å². The number of amides is 1. The predicted octanol–water partition coefficient (Wildman–Crippen LogP) is 2.50. The zero-order chi connectivity index (χ0) is 23.8. The van der Waals surface area contributed by atoms with E-state index < -0.39 is 34.1 Å². The van der Waals surface area contributed by atoms with Crippen LogP contribution in [-0.4, -0.2) is 72.3 Å². The number of fused-ring (bicyclic) bond motifs is 5. The molecule has 1 aliphatic carbocycles. The summed E-state index contributed by atoms with van der Waals surface area (Å²) in [4.78, 5) is 22.8. The second-order valence-corrected chi connectivity index (χ2v) is 10.1. The second kappa shape index (κ2) is 9.16. The smallest absolute Gasteiger partial charge is 0.467 e. The molecule has 33 heavy (non-hydrogen) atoms. The molecule has 0 N–H and O–H groups in total. The van der Waals surface area contributed by atoms with Crippen molar-refractivity contribution in [3.05, 3.63) is 17.6 Å². The Kier molecular flexibility index (Phi) is 6.63. The standard InChI is InChI=1S/C20H25F3N4O5S/c1-12-18-13-4-6-14(7-5-13)31-9-16-15(26-33(29,30)20(21,22)23)3-2-8-27(16)17(28)10-32-19(18)25-11-24-12/h11,13-14,16H,2-10H2,1H3/b26-15+/t13?,14?,16-/m0/s1. The lowest BCUT2D eigenvalue weighted by Crippen LogP contribution is -2.53. The number of ether oxygens (including phenoxy) is 2. The summed E-state index contributed by atoms with van der Waals surface area (Å²) in [5.74, 6) is -0.0377. The van der Waals surface area contributed by atoms with E-state index in [1.807, 2.05) is 6.92 Å². The van der Waals surface area contributed by atoms with Crippen LogP contribution < -0.4 is 4.74 Å². The quantitative estimate of drug-likeness (QED) is 0.595. The molecule has 1 saturated carbocycles. The van der Waals surface area contributed by atoms with Crippen molar-refractivity contribution in [1.29, 1.82) is 0 Å². The van der Waals surface area contributed by atoms with Crippen LogP contribution in [0.1, 0.15) is 55.7 Å². The third-order valence-corrected chi connectivity index (χ3v) is 7.45. The molecule has 13 heteroatoms. The van der Waals surface area contributed by atoms with Gasteiger partial charge in [-0.3, -0.25) is 4.79 Å². The van der Waals surface area contributed by atoms with Gasteiger partial charge in [0.25, 0.3) is 5.91 Å². The van der Waals surface area contributed by atoms with Crippen molar-refractivity contribution < 1.29 is 35.9 Å². The van der Waals surface area contributed by atoms with E-state index in [-0.39, 0.29) is 43.7 Å². The highest BCUT2D eigenvalue weighted by molar-refractivity contribution is 7.91. The molecule has 9 nitrogen and oxygen atoms in total. The Bertz CT molecular complexity index is 1040. The number of nitrogens with zero attached hydrogens (tertiary/aromatic N) is 4. The minimum absolute atomic E-state index is 0.0238. The van der Waals surface area contributed by atoms with Gasteiger partial charge in [-0.2, -0.15) is 26.0 Å². The van der Waals surface area contributed by atoms with E-state index in [4.69, 9.17) is 9.47 Å². The fourth-order valence-electron chi connectivity index (χ4n) is 4.74. The summed E-state index contributed by atoms with van der Waals surface area (Å²) in [5, 5.41) is 0. The minimum Gasteiger partial charge on any atom is -0.467 e. The number of piperidine rings is 1. The third-order valence-electron chi connectivity index (χ3n) is 6.39. The van der Waals surface area contributed by atoms with Gasteiger partial charge in [-0.25, -0.2) is 9.97 Å². The Labute approximate surface area is 189 Å². The minimum atomic E-state index is -5.73. The lowest BCUT2D eigenvalue weighted by molar-refractivity contribution is -0.136. The van der Waals surface area contributed by atoms with Crippen molar-refractivity contribution in [3.63, 3.8) is 0 Å². The van der Waals surface area contributed by atoms with Crippen molar-refractivity contribution >= 4 is 21.6 Å². The van der Waals surface area contributed by atoms with Crippen molar-refractivity contribution in [2.75, 3.05) is 19.8 Å².